The van der Waals surface area contributed by atoms with E-state index in [1.807, 2.05) is 30.3 Å². The molecule has 4 nitrogen and oxygen atoms in total. The van der Waals surface area contributed by atoms with Crippen molar-refractivity contribution in [3.8, 4) is 5.82 Å². The summed E-state index contributed by atoms with van der Waals surface area (Å²) in [4.78, 5) is 4.52. The highest BCUT2D eigenvalue weighted by molar-refractivity contribution is 6.30. The van der Waals surface area contributed by atoms with E-state index < -0.39 is 0 Å². The molecule has 2 N–H and O–H groups in total. The van der Waals surface area contributed by atoms with Gasteiger partial charge in [0.1, 0.15) is 0 Å². The van der Waals surface area contributed by atoms with Crippen molar-refractivity contribution in [1.29, 1.82) is 0 Å². The third-order valence-corrected chi connectivity index (χ3v) is 2.95. The third-order valence-electron chi connectivity index (χ3n) is 2.75. The van der Waals surface area contributed by atoms with E-state index >= 15 is 0 Å². The lowest BCUT2D eigenvalue weighted by Gasteiger charge is -2.08. The second-order valence-electron chi connectivity index (χ2n) is 3.97. The van der Waals surface area contributed by atoms with Crippen LogP contribution in [0.2, 0.25) is 5.02 Å². The first-order valence-electron chi connectivity index (χ1n) is 5.57. The van der Waals surface area contributed by atoms with Crippen LogP contribution in [0.1, 0.15) is 5.69 Å². The number of pyridine rings is 1. The monoisotopic (exact) mass is 258 g/mol. The van der Waals surface area contributed by atoms with Crippen LogP contribution in [-0.2, 0) is 6.54 Å². The number of hydrogen-bond acceptors (Lipinski definition) is 3. The van der Waals surface area contributed by atoms with E-state index in [0.29, 0.717) is 11.6 Å². The molecule has 0 saturated carbocycles. The number of hydrogen-bond donors (Lipinski definition) is 1. The lowest BCUT2D eigenvalue weighted by Crippen LogP contribution is -2.05. The maximum atomic E-state index is 5.90. The summed E-state index contributed by atoms with van der Waals surface area (Å²) in [6, 6.07) is 9.99. The Hall–Kier alpha value is -1.91. The highest BCUT2D eigenvalue weighted by Gasteiger charge is 2.08. The minimum atomic E-state index is 0.396. The molecule has 2 heterocycles. The van der Waals surface area contributed by atoms with Crippen LogP contribution in [-0.4, -0.2) is 14.8 Å². The van der Waals surface area contributed by atoms with Crippen LogP contribution in [0.4, 0.5) is 0 Å². The molecule has 0 aliphatic carbocycles. The number of nitrogens with two attached hydrogens (primary N) is 1. The summed E-state index contributed by atoms with van der Waals surface area (Å²) in [5, 5.41) is 6.89. The molecule has 90 valence electrons. The lowest BCUT2D eigenvalue weighted by atomic mass is 10.1. The molecule has 0 fully saturated rings. The Morgan fingerprint density at radius 1 is 1.28 bits per heavy atom. The largest absolute Gasteiger partial charge is 0.325 e. The minimum Gasteiger partial charge on any atom is -0.325 e. The first-order valence-corrected chi connectivity index (χ1v) is 5.95. The Morgan fingerprint density at radius 2 is 2.11 bits per heavy atom. The van der Waals surface area contributed by atoms with Gasteiger partial charge < -0.3 is 5.73 Å². The van der Waals surface area contributed by atoms with Gasteiger partial charge in [0, 0.05) is 11.9 Å². The number of nitrogens with zero attached hydrogens (tertiary/aromatic N) is 3. The van der Waals surface area contributed by atoms with Gasteiger partial charge in [0.2, 0.25) is 0 Å². The van der Waals surface area contributed by atoms with Crippen LogP contribution < -0.4 is 5.73 Å². The molecule has 3 aromatic rings. The fourth-order valence-electron chi connectivity index (χ4n) is 1.93. The highest BCUT2D eigenvalue weighted by atomic mass is 35.5. The van der Waals surface area contributed by atoms with E-state index in [0.717, 1.165) is 22.3 Å². The van der Waals surface area contributed by atoms with Gasteiger partial charge in [0.15, 0.2) is 5.82 Å². The predicted octanol–water partition coefficient (Wildman–Crippen LogP) is 2.53. The summed E-state index contributed by atoms with van der Waals surface area (Å²) in [5.74, 6) is 0.750. The second-order valence-corrected chi connectivity index (χ2v) is 4.40. The second kappa shape index (κ2) is 4.40. The van der Waals surface area contributed by atoms with Gasteiger partial charge in [-0.3, -0.25) is 0 Å². The van der Waals surface area contributed by atoms with Crippen molar-refractivity contribution in [1.82, 2.24) is 14.8 Å². The summed E-state index contributed by atoms with van der Waals surface area (Å²) >= 11 is 5.90. The van der Waals surface area contributed by atoms with E-state index in [2.05, 4.69) is 10.1 Å². The molecule has 18 heavy (non-hydrogen) atoms. The summed E-state index contributed by atoms with van der Waals surface area (Å²) in [6.07, 6.45) is 3.32. The lowest BCUT2D eigenvalue weighted by molar-refractivity contribution is 0.839. The van der Waals surface area contributed by atoms with Crippen LogP contribution >= 0.6 is 11.6 Å². The Bertz CT molecular complexity index is 705. The van der Waals surface area contributed by atoms with Crippen molar-refractivity contribution in [3.63, 3.8) is 0 Å². The van der Waals surface area contributed by atoms with Gasteiger partial charge in [0.25, 0.3) is 0 Å². The smallest absolute Gasteiger partial charge is 0.161 e. The quantitative estimate of drug-likeness (QED) is 0.768. The molecule has 2 aromatic heterocycles. The van der Waals surface area contributed by atoms with Gasteiger partial charge in [-0.15, -0.1) is 0 Å². The zero-order valence-electron chi connectivity index (χ0n) is 9.55. The summed E-state index contributed by atoms with van der Waals surface area (Å²) in [6.45, 7) is 0.396. The molecule has 0 aliphatic heterocycles. The fourth-order valence-corrected chi connectivity index (χ4v) is 2.07. The Morgan fingerprint density at radius 3 is 2.83 bits per heavy atom. The predicted molar refractivity (Wildman–Crippen MR) is 71.8 cm³/mol. The van der Waals surface area contributed by atoms with E-state index in [9.17, 15) is 0 Å². The Labute approximate surface area is 109 Å². The zero-order chi connectivity index (χ0) is 12.5. The standard InChI is InChI=1S/C13H11ClN4/c14-10-7-16-18(8-10)13-12-4-2-1-3-9(12)5-11(6-15)17-13/h1-5,7-8H,6,15H2. The van der Waals surface area contributed by atoms with Crippen molar-refractivity contribution in [2.75, 3.05) is 0 Å². The molecular weight excluding hydrogens is 248 g/mol. The van der Waals surface area contributed by atoms with Crippen molar-refractivity contribution >= 4 is 22.4 Å². The average molecular weight is 259 g/mol. The normalized spacial score (nSPS) is 11.0. The first kappa shape index (κ1) is 11.2. The van der Waals surface area contributed by atoms with E-state index in [1.165, 1.54) is 0 Å². The summed E-state index contributed by atoms with van der Waals surface area (Å²) in [7, 11) is 0. The molecular formula is C13H11ClN4. The minimum absolute atomic E-state index is 0.396. The van der Waals surface area contributed by atoms with Crippen LogP contribution in [0.5, 0.6) is 0 Å². The summed E-state index contributed by atoms with van der Waals surface area (Å²) in [5.41, 5.74) is 6.50. The molecule has 0 unspecified atom stereocenters. The molecule has 0 spiro atoms. The van der Waals surface area contributed by atoms with Crippen molar-refractivity contribution in [2.45, 2.75) is 6.54 Å². The van der Waals surface area contributed by atoms with Crippen molar-refractivity contribution in [2.24, 2.45) is 5.73 Å². The third kappa shape index (κ3) is 1.85. The van der Waals surface area contributed by atoms with E-state index in [1.54, 1.807) is 17.1 Å². The number of rotatable bonds is 2. The molecule has 1 aromatic carbocycles. The molecule has 5 heteroatoms. The zero-order valence-corrected chi connectivity index (χ0v) is 10.3. The van der Waals surface area contributed by atoms with Gasteiger partial charge in [0.05, 0.1) is 23.1 Å². The van der Waals surface area contributed by atoms with Crippen LogP contribution in [0, 0.1) is 0 Å². The van der Waals surface area contributed by atoms with Gasteiger partial charge in [-0.2, -0.15) is 5.10 Å². The van der Waals surface area contributed by atoms with Crippen LogP contribution in [0.3, 0.4) is 0 Å². The van der Waals surface area contributed by atoms with Gasteiger partial charge >= 0.3 is 0 Å². The molecule has 0 radical (unpaired) electrons. The molecule has 3 rings (SSSR count). The topological polar surface area (TPSA) is 56.7 Å². The molecule has 0 aliphatic rings. The Balaban J connectivity index is 2.32. The Kier molecular flexibility index (Phi) is 2.74. The molecule has 0 bridgehead atoms. The molecule has 0 amide bonds. The van der Waals surface area contributed by atoms with Crippen molar-refractivity contribution < 1.29 is 0 Å². The maximum absolute atomic E-state index is 5.90. The SMILES string of the molecule is NCc1cc2ccccc2c(-n2cc(Cl)cn2)n1. The van der Waals surface area contributed by atoms with E-state index in [-0.39, 0.29) is 0 Å². The summed E-state index contributed by atoms with van der Waals surface area (Å²) < 4.78 is 1.67. The van der Waals surface area contributed by atoms with Gasteiger partial charge in [-0.05, 0) is 11.5 Å². The van der Waals surface area contributed by atoms with Crippen LogP contribution in [0.25, 0.3) is 16.6 Å². The van der Waals surface area contributed by atoms with Gasteiger partial charge in [-0.1, -0.05) is 35.9 Å². The fraction of sp³-hybridized carbons (Fsp3) is 0.0769. The van der Waals surface area contributed by atoms with Gasteiger partial charge in [-0.25, -0.2) is 9.67 Å². The number of benzene rings is 1. The van der Waals surface area contributed by atoms with Crippen LogP contribution in [0.15, 0.2) is 42.7 Å². The number of halogens is 1. The molecule has 0 saturated heterocycles. The number of aromatic nitrogens is 3. The average Bonchev–Trinajstić information content (AvgIpc) is 2.84. The maximum Gasteiger partial charge on any atom is 0.161 e. The van der Waals surface area contributed by atoms with E-state index in [4.69, 9.17) is 17.3 Å². The molecule has 0 atom stereocenters. The highest BCUT2D eigenvalue weighted by Crippen LogP contribution is 2.22. The number of fused-ring (bicyclic) bond motifs is 1. The first-order chi connectivity index (χ1) is 8.78. The van der Waals surface area contributed by atoms with Crippen molar-refractivity contribution in [3.05, 3.63) is 53.4 Å².